The Labute approximate surface area is 331 Å². The lowest BCUT2D eigenvalue weighted by Crippen LogP contribution is -2.65. The summed E-state index contributed by atoms with van der Waals surface area (Å²) in [6, 6.07) is 10.7. The standard InChI is InChI=1S/C41H42F3N11O3/c1-21-46-32-12-23(43)10-28-31-6-5-7-35(48-31)47-24-13-34(39(56)51(3)19-27(58-4)20-52(21)36(28)32)53(18-24)37-29-17-45-55(33-9-8-22(42)11-30(33)44)38(29)50-40(49-37)54-25-14-26(54)16-41(2,57)15-25/h5-12,17,24-27,34,57H,13-16,18-20H2,1-4H3,(H,47,48)/t24?,25?,26?,27-,34-,41?/m0/s1. The molecule has 4 aromatic heterocycles. The monoisotopic (exact) mass is 793 g/mol. The van der Waals surface area contributed by atoms with Crippen LogP contribution < -0.4 is 15.1 Å². The summed E-state index contributed by atoms with van der Waals surface area (Å²) in [6.45, 7) is 4.60. The van der Waals surface area contributed by atoms with Crippen LogP contribution in [0.2, 0.25) is 0 Å². The van der Waals surface area contributed by atoms with E-state index in [9.17, 15) is 14.3 Å². The summed E-state index contributed by atoms with van der Waals surface area (Å²) >= 11 is 0. The molecule has 17 heteroatoms. The van der Waals surface area contributed by atoms with E-state index in [1.54, 1.807) is 25.3 Å². The van der Waals surface area contributed by atoms with E-state index in [2.05, 4.69) is 20.3 Å². The van der Waals surface area contributed by atoms with Gasteiger partial charge in [-0.3, -0.25) is 4.79 Å². The number of amides is 1. The maximum Gasteiger partial charge on any atom is 0.245 e. The highest BCUT2D eigenvalue weighted by atomic mass is 19.1. The number of carbonyl (C=O) groups excluding carboxylic acids is 1. The van der Waals surface area contributed by atoms with Crippen molar-refractivity contribution in [1.29, 1.82) is 0 Å². The fourth-order valence-corrected chi connectivity index (χ4v) is 9.65. The van der Waals surface area contributed by atoms with Gasteiger partial charge >= 0.3 is 0 Å². The van der Waals surface area contributed by atoms with Crippen LogP contribution in [0.25, 0.3) is 39.0 Å². The fourth-order valence-electron chi connectivity index (χ4n) is 9.65. The van der Waals surface area contributed by atoms with Gasteiger partial charge in [0.1, 0.15) is 40.8 Å². The van der Waals surface area contributed by atoms with E-state index < -0.39 is 35.2 Å². The summed E-state index contributed by atoms with van der Waals surface area (Å²) in [4.78, 5) is 40.3. The van der Waals surface area contributed by atoms with Gasteiger partial charge in [-0.15, -0.1) is 0 Å². The highest BCUT2D eigenvalue weighted by Crippen LogP contribution is 2.46. The number of aliphatic hydroxyl groups is 1. The van der Waals surface area contributed by atoms with Gasteiger partial charge in [-0.1, -0.05) is 6.07 Å². The van der Waals surface area contributed by atoms with E-state index in [0.717, 1.165) is 18.0 Å². The summed E-state index contributed by atoms with van der Waals surface area (Å²) in [5.74, 6) is -0.0972. The number of hydrogen-bond donors (Lipinski definition) is 2. The number of nitrogens with zero attached hydrogens (tertiary/aromatic N) is 10. The molecule has 6 aromatic rings. The van der Waals surface area contributed by atoms with Gasteiger partial charge in [-0.2, -0.15) is 15.1 Å². The topological polar surface area (TPSA) is 143 Å². The molecule has 1 saturated carbocycles. The van der Waals surface area contributed by atoms with Gasteiger partial charge in [0.2, 0.25) is 11.9 Å². The molecule has 4 aliphatic rings. The molecular formula is C41H42F3N11O3. The lowest BCUT2D eigenvalue weighted by molar-refractivity contribution is -0.132. The number of rotatable bonds is 4. The smallest absolute Gasteiger partial charge is 0.245 e. The van der Waals surface area contributed by atoms with E-state index >= 15 is 8.78 Å². The molecular weight excluding hydrogens is 752 g/mol. The number of aromatic nitrogens is 7. The summed E-state index contributed by atoms with van der Waals surface area (Å²) < 4.78 is 53.9. The molecule has 2 N–H and O–H groups in total. The number of ether oxygens (including phenoxy) is 1. The maximum atomic E-state index is 15.4. The van der Waals surface area contributed by atoms with Crippen molar-refractivity contribution < 1.29 is 27.8 Å². The largest absolute Gasteiger partial charge is 0.390 e. The number of aryl methyl sites for hydroxylation is 1. The van der Waals surface area contributed by atoms with Gasteiger partial charge in [0.15, 0.2) is 11.5 Å². The van der Waals surface area contributed by atoms with Crippen LogP contribution in [0.3, 0.4) is 0 Å². The van der Waals surface area contributed by atoms with Crippen LogP contribution >= 0.6 is 0 Å². The lowest BCUT2D eigenvalue weighted by atomic mass is 9.72. The molecule has 58 heavy (non-hydrogen) atoms. The molecule has 10 rings (SSSR count). The zero-order valence-corrected chi connectivity index (χ0v) is 32.4. The molecule has 6 bridgehead atoms. The molecule has 1 amide bonds. The molecule has 2 saturated heterocycles. The average Bonchev–Trinajstić information content (AvgIpc) is 3.87. The number of anilines is 3. The third kappa shape index (κ3) is 6.01. The molecule has 300 valence electrons. The van der Waals surface area contributed by atoms with Crippen molar-refractivity contribution in [1.82, 2.24) is 39.2 Å². The van der Waals surface area contributed by atoms with Crippen LogP contribution in [0, 0.1) is 24.4 Å². The Bertz CT molecular complexity index is 2620. The van der Waals surface area contributed by atoms with Crippen LogP contribution in [0.1, 0.15) is 38.4 Å². The normalized spacial score (nSPS) is 25.8. The second-order valence-electron chi connectivity index (χ2n) is 16.4. The van der Waals surface area contributed by atoms with Crippen molar-refractivity contribution in [3.05, 3.63) is 78.0 Å². The predicted octanol–water partition coefficient (Wildman–Crippen LogP) is 4.99. The number of carbonyl (C=O) groups is 1. The third-order valence-electron chi connectivity index (χ3n) is 12.3. The number of methoxy groups -OCH3 is 1. The summed E-state index contributed by atoms with van der Waals surface area (Å²) in [5.41, 5.74) is 1.85. The van der Waals surface area contributed by atoms with Crippen LogP contribution in [0.4, 0.5) is 30.8 Å². The van der Waals surface area contributed by atoms with E-state index in [-0.39, 0.29) is 36.3 Å². The highest BCUT2D eigenvalue weighted by Gasteiger charge is 2.51. The molecule has 5 atom stereocenters. The molecule has 3 fully saturated rings. The van der Waals surface area contributed by atoms with E-state index in [0.29, 0.717) is 83.6 Å². The average molecular weight is 794 g/mol. The van der Waals surface area contributed by atoms with Crippen LogP contribution in [-0.2, 0) is 16.1 Å². The molecule has 0 radical (unpaired) electrons. The van der Waals surface area contributed by atoms with Gasteiger partial charge in [0.05, 0.1) is 46.6 Å². The molecule has 14 nitrogen and oxygen atoms in total. The quantitative estimate of drug-likeness (QED) is 0.249. The van der Waals surface area contributed by atoms with Crippen molar-refractivity contribution >= 4 is 45.6 Å². The SMILES string of the molecule is CO[C@H]1CN(C)C(=O)[C@@H]2CC(CN2c2nc(N3C4CC3CC(C)(O)C4)nc3c2cnn3-c2ccc(F)cc2F)Nc2cccc(n2)-c2cc(F)cc3nc(C)n(c23)C1. The zero-order chi connectivity index (χ0) is 40.2. The minimum absolute atomic E-state index is 0.0110. The number of fused-ring (bicyclic) bond motifs is 8. The first-order valence-corrected chi connectivity index (χ1v) is 19.5. The number of hydrogen-bond acceptors (Lipinski definition) is 11. The number of benzene rings is 2. The second kappa shape index (κ2) is 13.4. The Kier molecular flexibility index (Phi) is 8.42. The Morgan fingerprint density at radius 1 is 0.948 bits per heavy atom. The summed E-state index contributed by atoms with van der Waals surface area (Å²) in [6.07, 6.45) is 3.39. The van der Waals surface area contributed by atoms with E-state index in [1.165, 1.54) is 28.9 Å². The van der Waals surface area contributed by atoms with Gasteiger partial charge in [0.25, 0.3) is 0 Å². The summed E-state index contributed by atoms with van der Waals surface area (Å²) in [7, 11) is 3.35. The Morgan fingerprint density at radius 2 is 1.76 bits per heavy atom. The van der Waals surface area contributed by atoms with Crippen LogP contribution in [0.5, 0.6) is 0 Å². The molecule has 3 aliphatic heterocycles. The number of nitrogens with one attached hydrogen (secondary N) is 1. The van der Waals surface area contributed by atoms with Crippen molar-refractivity contribution in [3.8, 4) is 16.9 Å². The molecule has 7 heterocycles. The minimum atomic E-state index is -0.823. The lowest BCUT2D eigenvalue weighted by Gasteiger charge is -2.57. The number of halogens is 3. The first-order valence-electron chi connectivity index (χ1n) is 19.5. The van der Waals surface area contributed by atoms with Crippen LogP contribution in [0.15, 0.2) is 54.7 Å². The van der Waals surface area contributed by atoms with Crippen molar-refractivity contribution in [2.24, 2.45) is 0 Å². The van der Waals surface area contributed by atoms with E-state index in [1.807, 2.05) is 41.5 Å². The van der Waals surface area contributed by atoms with Gasteiger partial charge in [-0.05, 0) is 69.9 Å². The molecule has 1 aliphatic carbocycles. The highest BCUT2D eigenvalue weighted by molar-refractivity contribution is 5.94. The first-order chi connectivity index (χ1) is 27.8. The zero-order valence-electron chi connectivity index (χ0n) is 32.4. The minimum Gasteiger partial charge on any atom is -0.390 e. The Hall–Kier alpha value is -5.81. The third-order valence-corrected chi connectivity index (χ3v) is 12.3. The Morgan fingerprint density at radius 3 is 2.53 bits per heavy atom. The Balaban J connectivity index is 1.10. The summed E-state index contributed by atoms with van der Waals surface area (Å²) in [5, 5.41) is 19.5. The van der Waals surface area contributed by atoms with Crippen molar-refractivity contribution in [2.45, 2.75) is 81.9 Å². The van der Waals surface area contributed by atoms with Crippen LogP contribution in [-0.4, -0.2) is 113 Å². The predicted molar refractivity (Wildman–Crippen MR) is 210 cm³/mol. The fraction of sp³-hybridized carbons (Fsp3) is 0.415. The molecule has 2 aromatic carbocycles. The van der Waals surface area contributed by atoms with Gasteiger partial charge in [-0.25, -0.2) is 27.8 Å². The number of piperidine rings is 1. The molecule has 0 spiro atoms. The molecule has 3 unspecified atom stereocenters. The van der Waals surface area contributed by atoms with E-state index in [4.69, 9.17) is 19.7 Å². The number of pyridine rings is 1. The first kappa shape index (κ1) is 36.5. The van der Waals surface area contributed by atoms with Gasteiger partial charge < -0.3 is 34.4 Å². The van der Waals surface area contributed by atoms with Crippen molar-refractivity contribution in [2.75, 3.05) is 42.4 Å². The number of likely N-dealkylation sites (N-methyl/N-ethyl adjacent to an activating group) is 1. The maximum absolute atomic E-state index is 15.4. The number of imidazole rings is 1. The van der Waals surface area contributed by atoms with Crippen molar-refractivity contribution in [3.63, 3.8) is 0 Å². The van der Waals surface area contributed by atoms with Gasteiger partial charge in [0, 0.05) is 63.1 Å². The second-order valence-corrected chi connectivity index (χ2v) is 16.4.